The fourth-order valence-corrected chi connectivity index (χ4v) is 3.88. The van der Waals surface area contributed by atoms with Crippen LogP contribution in [0.2, 0.25) is 0 Å². The topological polar surface area (TPSA) is 73.9 Å². The van der Waals surface area contributed by atoms with Gasteiger partial charge in [-0.05, 0) is 48.6 Å². The molecule has 0 spiro atoms. The largest absolute Gasteiger partial charge is 0.492 e. The van der Waals surface area contributed by atoms with Crippen LogP contribution in [0.15, 0.2) is 21.0 Å². The molecule has 11 heteroatoms. The van der Waals surface area contributed by atoms with Gasteiger partial charge >= 0.3 is 6.18 Å². The number of hydrogen-bond acceptors (Lipinski definition) is 8. The van der Waals surface area contributed by atoms with Crippen molar-refractivity contribution >= 4 is 23.3 Å². The normalized spacial score (nSPS) is 11.8. The van der Waals surface area contributed by atoms with Gasteiger partial charge in [0.05, 0.1) is 6.61 Å². The lowest BCUT2D eigenvalue weighted by atomic mass is 10.1. The van der Waals surface area contributed by atoms with E-state index in [-0.39, 0.29) is 4.34 Å². The highest BCUT2D eigenvalue weighted by Crippen LogP contribution is 2.31. The van der Waals surface area contributed by atoms with Gasteiger partial charge in [0.1, 0.15) is 5.75 Å². The Kier molecular flexibility index (Phi) is 5.70. The molecular formula is C16H15F3N4O2S2. The first-order valence-corrected chi connectivity index (χ1v) is 9.58. The van der Waals surface area contributed by atoms with Gasteiger partial charge in [-0.1, -0.05) is 16.9 Å². The first-order valence-electron chi connectivity index (χ1n) is 7.82. The summed E-state index contributed by atoms with van der Waals surface area (Å²) in [6.45, 7) is 5.87. The third-order valence-electron chi connectivity index (χ3n) is 3.46. The average molecular weight is 416 g/mol. The number of aryl methyl sites for hydroxylation is 3. The van der Waals surface area contributed by atoms with Crippen molar-refractivity contribution in [1.82, 2.24) is 19.5 Å². The van der Waals surface area contributed by atoms with Crippen LogP contribution in [0.4, 0.5) is 13.2 Å². The van der Waals surface area contributed by atoms with E-state index in [1.807, 2.05) is 26.0 Å². The molecule has 0 atom stereocenters. The van der Waals surface area contributed by atoms with Gasteiger partial charge < -0.3 is 9.26 Å². The zero-order chi connectivity index (χ0) is 19.6. The molecule has 1 aromatic carbocycles. The van der Waals surface area contributed by atoms with Crippen LogP contribution in [0.5, 0.6) is 5.75 Å². The van der Waals surface area contributed by atoms with Gasteiger partial charge in [-0.3, -0.25) is 0 Å². The maximum absolute atomic E-state index is 12.5. The Balaban J connectivity index is 1.59. The van der Waals surface area contributed by atoms with E-state index in [9.17, 15) is 13.2 Å². The number of alkyl halides is 3. The van der Waals surface area contributed by atoms with Crippen LogP contribution in [-0.4, -0.2) is 31.9 Å². The van der Waals surface area contributed by atoms with Gasteiger partial charge in [-0.25, -0.2) is 4.98 Å². The molecule has 0 aliphatic heterocycles. The summed E-state index contributed by atoms with van der Waals surface area (Å²) < 4.78 is 51.9. The molecule has 0 aliphatic carbocycles. The summed E-state index contributed by atoms with van der Waals surface area (Å²) in [6.07, 6.45) is -4.51. The summed E-state index contributed by atoms with van der Waals surface area (Å²) in [5.41, 5.74) is 2.65. The van der Waals surface area contributed by atoms with Crippen LogP contribution >= 0.6 is 23.3 Å². The molecule has 0 N–H and O–H groups in total. The maximum Gasteiger partial charge on any atom is 0.452 e. The molecule has 0 saturated heterocycles. The second kappa shape index (κ2) is 7.85. The molecule has 3 rings (SSSR count). The molecule has 2 heterocycles. The number of rotatable bonds is 6. The maximum atomic E-state index is 12.5. The number of nitrogens with zero attached hydrogens (tertiary/aromatic N) is 4. The molecule has 2 aromatic heterocycles. The molecule has 0 bridgehead atoms. The van der Waals surface area contributed by atoms with Crippen molar-refractivity contribution in [3.8, 4) is 17.1 Å². The van der Waals surface area contributed by atoms with Gasteiger partial charge in [0, 0.05) is 18.2 Å². The van der Waals surface area contributed by atoms with Gasteiger partial charge in [-0.15, -0.1) is 0 Å². The Labute approximate surface area is 161 Å². The second-order valence-electron chi connectivity index (χ2n) is 5.65. The molecule has 0 unspecified atom stereocenters. The molecule has 0 aliphatic rings. The number of aromatic nitrogens is 4. The van der Waals surface area contributed by atoms with E-state index in [4.69, 9.17) is 9.26 Å². The van der Waals surface area contributed by atoms with Crippen LogP contribution in [0.3, 0.4) is 0 Å². The van der Waals surface area contributed by atoms with Gasteiger partial charge in [0.2, 0.25) is 17.5 Å². The summed E-state index contributed by atoms with van der Waals surface area (Å²) in [7, 11) is 0. The van der Waals surface area contributed by atoms with Crippen molar-refractivity contribution in [3.63, 3.8) is 0 Å². The smallest absolute Gasteiger partial charge is 0.452 e. The number of ether oxygens (including phenoxy) is 1. The molecule has 0 fully saturated rings. The monoisotopic (exact) mass is 416 g/mol. The zero-order valence-corrected chi connectivity index (χ0v) is 16.3. The zero-order valence-electron chi connectivity index (χ0n) is 14.6. The predicted molar refractivity (Wildman–Crippen MR) is 95.1 cm³/mol. The molecule has 6 nitrogen and oxygen atoms in total. The van der Waals surface area contributed by atoms with Crippen LogP contribution in [0.25, 0.3) is 11.4 Å². The van der Waals surface area contributed by atoms with Crippen molar-refractivity contribution < 1.29 is 22.4 Å². The van der Waals surface area contributed by atoms with E-state index in [2.05, 4.69) is 19.5 Å². The highest BCUT2D eigenvalue weighted by atomic mass is 32.2. The van der Waals surface area contributed by atoms with Crippen LogP contribution in [-0.2, 0) is 6.18 Å². The molecule has 0 radical (unpaired) electrons. The predicted octanol–water partition coefficient (Wildman–Crippen LogP) is 4.70. The Hall–Kier alpha value is -2.14. The van der Waals surface area contributed by atoms with Crippen molar-refractivity contribution in [2.24, 2.45) is 0 Å². The first-order chi connectivity index (χ1) is 12.7. The fourth-order valence-electron chi connectivity index (χ4n) is 2.38. The van der Waals surface area contributed by atoms with E-state index in [0.717, 1.165) is 34.0 Å². The number of benzene rings is 1. The Morgan fingerprint density at radius 2 is 1.85 bits per heavy atom. The Bertz CT molecular complexity index is 917. The molecule has 0 saturated carbocycles. The highest BCUT2D eigenvalue weighted by molar-refractivity contribution is 8.00. The number of thioether (sulfide) groups is 1. The SMILES string of the molecule is Cc1nc(-c2cc(C)c(OCCSc3nc(C(F)(F)F)ns3)c(C)c2)no1. The highest BCUT2D eigenvalue weighted by Gasteiger charge is 2.36. The van der Waals surface area contributed by atoms with Crippen LogP contribution < -0.4 is 4.74 Å². The summed E-state index contributed by atoms with van der Waals surface area (Å²) in [6, 6.07) is 3.81. The van der Waals surface area contributed by atoms with Crippen molar-refractivity contribution in [1.29, 1.82) is 0 Å². The summed E-state index contributed by atoms with van der Waals surface area (Å²) in [5.74, 6) is 1.08. The summed E-state index contributed by atoms with van der Waals surface area (Å²) in [4.78, 5) is 7.68. The van der Waals surface area contributed by atoms with E-state index < -0.39 is 12.0 Å². The van der Waals surface area contributed by atoms with Crippen LogP contribution in [0.1, 0.15) is 22.8 Å². The van der Waals surface area contributed by atoms with E-state index in [1.54, 1.807) is 6.92 Å². The van der Waals surface area contributed by atoms with Crippen molar-refractivity contribution in [2.75, 3.05) is 12.4 Å². The van der Waals surface area contributed by atoms with E-state index in [1.165, 1.54) is 11.8 Å². The van der Waals surface area contributed by atoms with Gasteiger partial charge in [0.15, 0.2) is 4.34 Å². The minimum absolute atomic E-state index is 0.266. The van der Waals surface area contributed by atoms with E-state index >= 15 is 0 Å². The van der Waals surface area contributed by atoms with Crippen LogP contribution in [0, 0.1) is 20.8 Å². The molecule has 27 heavy (non-hydrogen) atoms. The lowest BCUT2D eigenvalue weighted by Gasteiger charge is -2.13. The number of hydrogen-bond donors (Lipinski definition) is 0. The molecule has 0 amide bonds. The standard InChI is InChI=1S/C16H15F3N4O2S2/c1-8-6-11(13-20-10(3)25-22-13)7-9(2)12(8)24-4-5-26-15-21-14(23-27-15)16(17,18)19/h6-7H,4-5H2,1-3H3. The minimum Gasteiger partial charge on any atom is -0.492 e. The Morgan fingerprint density at radius 3 is 2.41 bits per heavy atom. The Morgan fingerprint density at radius 1 is 1.15 bits per heavy atom. The second-order valence-corrected chi connectivity index (χ2v) is 7.75. The molecule has 3 aromatic rings. The fraction of sp³-hybridized carbons (Fsp3) is 0.375. The average Bonchev–Trinajstić information content (AvgIpc) is 3.22. The lowest BCUT2D eigenvalue weighted by molar-refractivity contribution is -0.144. The summed E-state index contributed by atoms with van der Waals surface area (Å²) in [5, 5.41) is 3.90. The quantitative estimate of drug-likeness (QED) is 0.426. The third kappa shape index (κ3) is 4.78. The first kappa shape index (κ1) is 19.6. The van der Waals surface area contributed by atoms with Gasteiger partial charge in [-0.2, -0.15) is 22.5 Å². The number of halogens is 3. The molecule has 144 valence electrons. The van der Waals surface area contributed by atoms with Crippen molar-refractivity contribution in [3.05, 3.63) is 35.0 Å². The summed E-state index contributed by atoms with van der Waals surface area (Å²) >= 11 is 1.91. The molecular weight excluding hydrogens is 401 g/mol. The van der Waals surface area contributed by atoms with Crippen molar-refractivity contribution in [2.45, 2.75) is 31.3 Å². The minimum atomic E-state index is -4.51. The van der Waals surface area contributed by atoms with Gasteiger partial charge in [0.25, 0.3) is 0 Å². The third-order valence-corrected chi connectivity index (χ3v) is 5.26. The lowest BCUT2D eigenvalue weighted by Crippen LogP contribution is -2.07. The van der Waals surface area contributed by atoms with E-state index in [0.29, 0.717) is 24.1 Å².